The van der Waals surface area contributed by atoms with E-state index >= 15 is 0 Å². The van der Waals surface area contributed by atoms with Gasteiger partial charge in [-0.1, -0.05) is 24.3 Å². The molecule has 0 spiro atoms. The van der Waals surface area contributed by atoms with E-state index in [1.54, 1.807) is 0 Å². The largest absolute Gasteiger partial charge is 0.379 e. The van der Waals surface area contributed by atoms with E-state index in [0.717, 1.165) is 58.7 Å². The van der Waals surface area contributed by atoms with Crippen molar-refractivity contribution < 1.29 is 9.53 Å². The van der Waals surface area contributed by atoms with Crippen molar-refractivity contribution in [3.05, 3.63) is 35.4 Å². The molecule has 4 rings (SSSR count). The van der Waals surface area contributed by atoms with Gasteiger partial charge in [-0.05, 0) is 30.4 Å². The monoisotopic (exact) mass is 315 g/mol. The number of hydrogen-bond donors (Lipinski definition) is 1. The summed E-state index contributed by atoms with van der Waals surface area (Å²) >= 11 is 0. The van der Waals surface area contributed by atoms with Crippen molar-refractivity contribution in [3.63, 3.8) is 0 Å². The summed E-state index contributed by atoms with van der Waals surface area (Å²) in [6.45, 7) is 5.36. The molecule has 0 saturated carbocycles. The molecule has 0 radical (unpaired) electrons. The predicted molar refractivity (Wildman–Crippen MR) is 88.5 cm³/mol. The highest BCUT2D eigenvalue weighted by Gasteiger charge is 2.32. The highest BCUT2D eigenvalue weighted by atomic mass is 16.5. The second kappa shape index (κ2) is 6.49. The molecular weight excluding hydrogens is 290 g/mol. The summed E-state index contributed by atoms with van der Waals surface area (Å²) in [5.74, 6) is 0. The third-order valence-electron chi connectivity index (χ3n) is 5.39. The number of morpholine rings is 1. The molecule has 1 aromatic carbocycles. The predicted octanol–water partition coefficient (Wildman–Crippen LogP) is 1.27. The van der Waals surface area contributed by atoms with E-state index in [4.69, 9.17) is 4.74 Å². The Morgan fingerprint density at radius 1 is 1.09 bits per heavy atom. The van der Waals surface area contributed by atoms with Crippen LogP contribution in [0, 0.1) is 0 Å². The lowest BCUT2D eigenvalue weighted by atomic mass is 10.1. The van der Waals surface area contributed by atoms with Gasteiger partial charge in [0.2, 0.25) is 0 Å². The third kappa shape index (κ3) is 3.21. The minimum Gasteiger partial charge on any atom is -0.379 e. The Morgan fingerprint density at radius 2 is 1.78 bits per heavy atom. The molecule has 0 aromatic heterocycles. The Labute approximate surface area is 137 Å². The molecule has 1 N–H and O–H groups in total. The highest BCUT2D eigenvalue weighted by Crippen LogP contribution is 2.22. The average molecular weight is 315 g/mol. The number of fused-ring (bicyclic) bond motifs is 1. The highest BCUT2D eigenvalue weighted by molar-refractivity contribution is 5.75. The fourth-order valence-electron chi connectivity index (χ4n) is 4.09. The van der Waals surface area contributed by atoms with Crippen molar-refractivity contribution in [2.75, 3.05) is 39.4 Å². The first-order chi connectivity index (χ1) is 11.3. The van der Waals surface area contributed by atoms with Crippen LogP contribution in [0.15, 0.2) is 24.3 Å². The molecule has 2 amide bonds. The van der Waals surface area contributed by atoms with Crippen molar-refractivity contribution in [3.8, 4) is 0 Å². The van der Waals surface area contributed by atoms with Crippen LogP contribution < -0.4 is 5.32 Å². The van der Waals surface area contributed by atoms with Crippen LogP contribution in [-0.2, 0) is 17.6 Å². The van der Waals surface area contributed by atoms with Crippen LogP contribution in [0.5, 0.6) is 0 Å². The van der Waals surface area contributed by atoms with Crippen molar-refractivity contribution in [1.82, 2.24) is 15.1 Å². The first-order valence-corrected chi connectivity index (χ1v) is 8.73. The van der Waals surface area contributed by atoms with E-state index in [2.05, 4.69) is 34.5 Å². The minimum atomic E-state index is 0.110. The molecule has 5 nitrogen and oxygen atoms in total. The number of carbonyl (C=O) groups excluding carboxylic acids is 1. The quantitative estimate of drug-likeness (QED) is 0.894. The molecule has 5 heteroatoms. The number of urea groups is 1. The first-order valence-electron chi connectivity index (χ1n) is 8.73. The van der Waals surface area contributed by atoms with Crippen LogP contribution in [0.4, 0.5) is 4.79 Å². The van der Waals surface area contributed by atoms with Gasteiger partial charge in [-0.15, -0.1) is 0 Å². The van der Waals surface area contributed by atoms with Gasteiger partial charge in [-0.2, -0.15) is 0 Å². The molecule has 2 aliphatic heterocycles. The molecule has 3 aliphatic rings. The van der Waals surface area contributed by atoms with Crippen molar-refractivity contribution >= 4 is 6.03 Å². The summed E-state index contributed by atoms with van der Waals surface area (Å²) in [5.41, 5.74) is 2.76. The normalized spacial score (nSPS) is 25.6. The van der Waals surface area contributed by atoms with Crippen molar-refractivity contribution in [2.24, 2.45) is 0 Å². The van der Waals surface area contributed by atoms with Gasteiger partial charge in [0, 0.05) is 38.3 Å². The Balaban J connectivity index is 1.29. The summed E-state index contributed by atoms with van der Waals surface area (Å²) in [6, 6.07) is 9.37. The number of rotatable bonds is 2. The Morgan fingerprint density at radius 3 is 2.48 bits per heavy atom. The van der Waals surface area contributed by atoms with Gasteiger partial charge in [0.25, 0.3) is 0 Å². The Bertz CT molecular complexity index is 546. The average Bonchev–Trinajstić information content (AvgIpc) is 3.22. The molecule has 2 heterocycles. The molecule has 0 bridgehead atoms. The van der Waals surface area contributed by atoms with Crippen molar-refractivity contribution in [1.29, 1.82) is 0 Å². The number of likely N-dealkylation sites (tertiary alicyclic amines) is 1. The van der Waals surface area contributed by atoms with E-state index < -0.39 is 0 Å². The molecule has 23 heavy (non-hydrogen) atoms. The Hall–Kier alpha value is -1.59. The molecular formula is C18H25N3O2. The van der Waals surface area contributed by atoms with Crippen LogP contribution in [-0.4, -0.2) is 67.3 Å². The van der Waals surface area contributed by atoms with Gasteiger partial charge in [-0.3, -0.25) is 4.90 Å². The summed E-state index contributed by atoms with van der Waals surface area (Å²) in [6.07, 6.45) is 3.00. The maximum absolute atomic E-state index is 12.6. The lowest BCUT2D eigenvalue weighted by molar-refractivity contribution is 0.0191. The number of nitrogens with one attached hydrogen (secondary N) is 1. The summed E-state index contributed by atoms with van der Waals surface area (Å²) in [7, 11) is 0. The fourth-order valence-corrected chi connectivity index (χ4v) is 4.09. The van der Waals surface area contributed by atoms with Crippen LogP contribution >= 0.6 is 0 Å². The van der Waals surface area contributed by atoms with Crippen LogP contribution in [0.2, 0.25) is 0 Å². The van der Waals surface area contributed by atoms with Gasteiger partial charge in [0.15, 0.2) is 0 Å². The zero-order valence-corrected chi connectivity index (χ0v) is 13.5. The van der Waals surface area contributed by atoms with E-state index in [1.165, 1.54) is 11.1 Å². The second-order valence-corrected chi connectivity index (χ2v) is 6.86. The van der Waals surface area contributed by atoms with Gasteiger partial charge in [-0.25, -0.2) is 4.79 Å². The van der Waals surface area contributed by atoms with Crippen LogP contribution in [0.3, 0.4) is 0 Å². The molecule has 1 unspecified atom stereocenters. The van der Waals surface area contributed by atoms with Gasteiger partial charge < -0.3 is 15.0 Å². The number of hydrogen-bond acceptors (Lipinski definition) is 3. The molecule has 2 saturated heterocycles. The number of benzene rings is 1. The molecule has 1 aromatic rings. The van der Waals surface area contributed by atoms with E-state index in [9.17, 15) is 4.79 Å². The topological polar surface area (TPSA) is 44.8 Å². The smallest absolute Gasteiger partial charge is 0.317 e. The second-order valence-electron chi connectivity index (χ2n) is 6.86. The number of carbonyl (C=O) groups is 1. The SMILES string of the molecule is O=C(NC1Cc2ccccc2C1)N1CCC(N2CCOCC2)C1. The minimum absolute atomic E-state index is 0.110. The standard InChI is InChI=1S/C18H25N3O2/c22-18(19-16-11-14-3-1-2-4-15(14)12-16)21-6-5-17(13-21)20-7-9-23-10-8-20/h1-4,16-17H,5-13H2,(H,19,22). The Kier molecular flexibility index (Phi) is 4.23. The van der Waals surface area contributed by atoms with E-state index in [1.807, 2.05) is 4.90 Å². The van der Waals surface area contributed by atoms with Gasteiger partial charge >= 0.3 is 6.03 Å². The van der Waals surface area contributed by atoms with Crippen LogP contribution in [0.1, 0.15) is 17.5 Å². The maximum Gasteiger partial charge on any atom is 0.317 e. The van der Waals surface area contributed by atoms with E-state index in [0.29, 0.717) is 6.04 Å². The summed E-state index contributed by atoms with van der Waals surface area (Å²) < 4.78 is 5.42. The van der Waals surface area contributed by atoms with Crippen LogP contribution in [0.25, 0.3) is 0 Å². The fraction of sp³-hybridized carbons (Fsp3) is 0.611. The molecule has 1 atom stereocenters. The summed E-state index contributed by atoms with van der Waals surface area (Å²) in [4.78, 5) is 17.0. The van der Waals surface area contributed by atoms with Gasteiger partial charge in [0.05, 0.1) is 13.2 Å². The zero-order chi connectivity index (χ0) is 15.6. The molecule has 124 valence electrons. The number of amides is 2. The van der Waals surface area contributed by atoms with Crippen molar-refractivity contribution in [2.45, 2.75) is 31.3 Å². The van der Waals surface area contributed by atoms with Gasteiger partial charge in [0.1, 0.15) is 0 Å². The number of nitrogens with zero attached hydrogens (tertiary/aromatic N) is 2. The third-order valence-corrected chi connectivity index (χ3v) is 5.39. The number of ether oxygens (including phenoxy) is 1. The molecule has 2 fully saturated rings. The zero-order valence-electron chi connectivity index (χ0n) is 13.5. The van der Waals surface area contributed by atoms with E-state index in [-0.39, 0.29) is 12.1 Å². The first kappa shape index (κ1) is 15.0. The maximum atomic E-state index is 12.6. The molecule has 1 aliphatic carbocycles. The lowest BCUT2D eigenvalue weighted by Crippen LogP contribution is -2.48. The lowest BCUT2D eigenvalue weighted by Gasteiger charge is -2.32. The summed E-state index contributed by atoms with van der Waals surface area (Å²) in [5, 5.41) is 3.23.